The van der Waals surface area contributed by atoms with E-state index in [-0.39, 0.29) is 24.4 Å². The maximum Gasteiger partial charge on any atom is 0.318 e. The molecule has 26 heavy (non-hydrogen) atoms. The second-order valence-electron chi connectivity index (χ2n) is 7.40. The summed E-state index contributed by atoms with van der Waals surface area (Å²) in [5, 5.41) is 12.0. The molecule has 1 aromatic rings. The number of aliphatic carboxylic acids is 1. The van der Waals surface area contributed by atoms with Crippen molar-refractivity contribution in [1.82, 2.24) is 10.2 Å². The molecule has 1 aromatic carbocycles. The molecule has 2 fully saturated rings. The molecule has 3 atom stereocenters. The summed E-state index contributed by atoms with van der Waals surface area (Å²) >= 11 is 0. The van der Waals surface area contributed by atoms with Gasteiger partial charge in [-0.25, -0.2) is 4.79 Å². The minimum absolute atomic E-state index is 0.123. The van der Waals surface area contributed by atoms with Crippen LogP contribution in [0.1, 0.15) is 25.3 Å². The Morgan fingerprint density at radius 3 is 2.54 bits per heavy atom. The average molecular weight is 359 g/mol. The third kappa shape index (κ3) is 3.81. The van der Waals surface area contributed by atoms with Crippen molar-refractivity contribution in [2.75, 3.05) is 24.5 Å². The number of hydrogen-bond donors (Lipinski definition) is 2. The van der Waals surface area contributed by atoms with Crippen molar-refractivity contribution in [2.24, 2.45) is 11.8 Å². The number of rotatable bonds is 3. The highest BCUT2D eigenvalue weighted by Gasteiger charge is 2.37. The number of nitrogens with zero attached hydrogens (tertiary/aromatic N) is 2. The van der Waals surface area contributed by atoms with Gasteiger partial charge in [0.2, 0.25) is 5.91 Å². The predicted molar refractivity (Wildman–Crippen MR) is 96.9 cm³/mol. The fourth-order valence-electron chi connectivity index (χ4n) is 3.73. The highest BCUT2D eigenvalue weighted by molar-refractivity contribution is 6.01. The minimum Gasteiger partial charge on any atom is -0.481 e. The summed E-state index contributed by atoms with van der Waals surface area (Å²) < 4.78 is 0. The molecular weight excluding hydrogens is 334 g/mol. The molecule has 3 amide bonds. The number of carboxylic acids is 1. The van der Waals surface area contributed by atoms with Crippen molar-refractivity contribution in [3.63, 3.8) is 0 Å². The van der Waals surface area contributed by atoms with E-state index < -0.39 is 17.9 Å². The first-order valence-electron chi connectivity index (χ1n) is 9.01. The van der Waals surface area contributed by atoms with Gasteiger partial charge >= 0.3 is 12.0 Å². The van der Waals surface area contributed by atoms with Crippen molar-refractivity contribution < 1.29 is 19.5 Å². The van der Waals surface area contributed by atoms with E-state index in [1.807, 2.05) is 38.1 Å². The van der Waals surface area contributed by atoms with Gasteiger partial charge in [-0.1, -0.05) is 24.6 Å². The van der Waals surface area contributed by atoms with Gasteiger partial charge in [-0.2, -0.15) is 0 Å². The lowest BCUT2D eigenvalue weighted by Gasteiger charge is -2.35. The lowest BCUT2D eigenvalue weighted by Crippen LogP contribution is -2.53. The van der Waals surface area contributed by atoms with Crippen LogP contribution in [0, 0.1) is 18.8 Å². The molecule has 0 aromatic heterocycles. The first-order valence-corrected chi connectivity index (χ1v) is 9.01. The van der Waals surface area contributed by atoms with Crippen LogP contribution in [0.4, 0.5) is 10.5 Å². The minimum atomic E-state index is -0.878. The lowest BCUT2D eigenvalue weighted by atomic mass is 9.91. The summed E-state index contributed by atoms with van der Waals surface area (Å²) in [6.45, 7) is 5.19. The van der Waals surface area contributed by atoms with E-state index in [0.717, 1.165) is 11.3 Å². The first kappa shape index (κ1) is 18.2. The summed E-state index contributed by atoms with van der Waals surface area (Å²) in [5.41, 5.74) is 1.95. The molecule has 3 unspecified atom stereocenters. The van der Waals surface area contributed by atoms with E-state index in [2.05, 4.69) is 5.32 Å². The van der Waals surface area contributed by atoms with Crippen LogP contribution >= 0.6 is 0 Å². The number of carboxylic acid groups (broad SMARTS) is 1. The van der Waals surface area contributed by atoms with E-state index in [1.165, 1.54) is 4.90 Å². The zero-order valence-corrected chi connectivity index (χ0v) is 15.1. The molecule has 140 valence electrons. The Hall–Kier alpha value is -2.57. The maximum atomic E-state index is 12.6. The van der Waals surface area contributed by atoms with E-state index in [9.17, 15) is 19.5 Å². The molecule has 0 spiro atoms. The number of aryl methyl sites for hydroxylation is 1. The number of urea groups is 1. The Morgan fingerprint density at radius 1 is 1.19 bits per heavy atom. The molecule has 7 heteroatoms. The molecule has 2 heterocycles. The van der Waals surface area contributed by atoms with Gasteiger partial charge < -0.3 is 20.2 Å². The van der Waals surface area contributed by atoms with Crippen molar-refractivity contribution in [2.45, 2.75) is 32.7 Å². The average Bonchev–Trinajstić information content (AvgIpc) is 2.95. The van der Waals surface area contributed by atoms with Gasteiger partial charge in [-0.15, -0.1) is 0 Å². The fourth-order valence-corrected chi connectivity index (χ4v) is 3.73. The quantitative estimate of drug-likeness (QED) is 0.862. The van der Waals surface area contributed by atoms with Gasteiger partial charge in [0.15, 0.2) is 0 Å². The van der Waals surface area contributed by atoms with E-state index in [1.54, 1.807) is 4.90 Å². The third-order valence-electron chi connectivity index (χ3n) is 5.15. The Labute approximate surface area is 153 Å². The number of likely N-dealkylation sites (tertiary alicyclic amines) is 1. The molecular formula is C19H25N3O4. The molecule has 2 aliphatic rings. The summed E-state index contributed by atoms with van der Waals surface area (Å²) in [6, 6.07) is 6.80. The van der Waals surface area contributed by atoms with Crippen molar-refractivity contribution >= 4 is 23.6 Å². The zero-order valence-electron chi connectivity index (χ0n) is 15.1. The number of carbonyl (C=O) groups excluding carboxylic acids is 2. The van der Waals surface area contributed by atoms with Crippen LogP contribution in [0.5, 0.6) is 0 Å². The van der Waals surface area contributed by atoms with Crippen molar-refractivity contribution in [3.8, 4) is 0 Å². The van der Waals surface area contributed by atoms with Crippen LogP contribution in [0.15, 0.2) is 24.3 Å². The number of nitrogens with one attached hydrogen (secondary N) is 1. The van der Waals surface area contributed by atoms with Crippen LogP contribution in [0.3, 0.4) is 0 Å². The largest absolute Gasteiger partial charge is 0.481 e. The third-order valence-corrected chi connectivity index (χ3v) is 5.15. The van der Waals surface area contributed by atoms with Gasteiger partial charge in [0.1, 0.15) is 6.04 Å². The first-order chi connectivity index (χ1) is 12.3. The smallest absolute Gasteiger partial charge is 0.318 e. The molecule has 0 aliphatic carbocycles. The summed E-state index contributed by atoms with van der Waals surface area (Å²) in [5.74, 6) is -1.43. The Kier molecular flexibility index (Phi) is 5.15. The molecule has 0 radical (unpaired) electrons. The highest BCUT2D eigenvalue weighted by atomic mass is 16.4. The second kappa shape index (κ2) is 7.35. The fraction of sp³-hybridized carbons (Fsp3) is 0.526. The maximum absolute atomic E-state index is 12.6. The van der Waals surface area contributed by atoms with Gasteiger partial charge in [0.25, 0.3) is 0 Å². The predicted octanol–water partition coefficient (Wildman–Crippen LogP) is 1.85. The summed E-state index contributed by atoms with van der Waals surface area (Å²) in [4.78, 5) is 39.7. The number of anilines is 1. The topological polar surface area (TPSA) is 90.0 Å². The standard InChI is InChI=1S/C19H25N3O4/c1-12-3-5-15(6-4-12)22-8-7-16(17(22)23)20-19(26)21-10-13(2)9-14(11-21)18(24)25/h3-6,13-14,16H,7-11H2,1-2H3,(H,20,26)(H,24,25). The molecule has 7 nitrogen and oxygen atoms in total. The Balaban J connectivity index is 1.62. The van der Waals surface area contributed by atoms with Crippen LogP contribution in [0.25, 0.3) is 0 Å². The molecule has 0 bridgehead atoms. The Morgan fingerprint density at radius 2 is 1.88 bits per heavy atom. The van der Waals surface area contributed by atoms with Crippen LogP contribution in [-0.2, 0) is 9.59 Å². The number of carbonyl (C=O) groups is 3. The Bertz CT molecular complexity index is 703. The number of benzene rings is 1. The normalized spacial score (nSPS) is 26.1. The number of hydrogen-bond acceptors (Lipinski definition) is 3. The van der Waals surface area contributed by atoms with Gasteiger partial charge in [-0.05, 0) is 37.8 Å². The SMILES string of the molecule is Cc1ccc(N2CCC(NC(=O)N3CC(C)CC(C(=O)O)C3)C2=O)cc1. The van der Waals surface area contributed by atoms with Crippen molar-refractivity contribution in [1.29, 1.82) is 0 Å². The van der Waals surface area contributed by atoms with E-state index in [0.29, 0.717) is 25.9 Å². The van der Waals surface area contributed by atoms with Crippen LogP contribution < -0.4 is 10.2 Å². The molecule has 0 saturated carbocycles. The van der Waals surface area contributed by atoms with Gasteiger partial charge in [0.05, 0.1) is 5.92 Å². The molecule has 2 aliphatic heterocycles. The summed E-state index contributed by atoms with van der Waals surface area (Å²) in [7, 11) is 0. The lowest BCUT2D eigenvalue weighted by molar-refractivity contribution is -0.143. The van der Waals surface area contributed by atoms with Gasteiger partial charge in [-0.3, -0.25) is 9.59 Å². The van der Waals surface area contributed by atoms with E-state index in [4.69, 9.17) is 0 Å². The second-order valence-corrected chi connectivity index (χ2v) is 7.40. The zero-order chi connectivity index (χ0) is 18.8. The monoisotopic (exact) mass is 359 g/mol. The van der Waals surface area contributed by atoms with Crippen LogP contribution in [0.2, 0.25) is 0 Å². The molecule has 2 saturated heterocycles. The van der Waals surface area contributed by atoms with Gasteiger partial charge in [0, 0.05) is 25.3 Å². The molecule has 3 rings (SSSR count). The molecule has 2 N–H and O–H groups in total. The van der Waals surface area contributed by atoms with Crippen molar-refractivity contribution in [3.05, 3.63) is 29.8 Å². The van der Waals surface area contributed by atoms with E-state index >= 15 is 0 Å². The van der Waals surface area contributed by atoms with Crippen LogP contribution in [-0.4, -0.2) is 53.6 Å². The number of piperidine rings is 1. The number of amides is 3. The summed E-state index contributed by atoms with van der Waals surface area (Å²) in [6.07, 6.45) is 1.12. The highest BCUT2D eigenvalue weighted by Crippen LogP contribution is 2.24.